The predicted octanol–water partition coefficient (Wildman–Crippen LogP) is 5.03. The molecular formula is C24H21ClFN3O2. The number of hydrogen-bond acceptors (Lipinski definition) is 3. The van der Waals surface area contributed by atoms with Crippen LogP contribution in [0.15, 0.2) is 79.0 Å². The first-order valence-corrected chi connectivity index (χ1v) is 10.4. The lowest BCUT2D eigenvalue weighted by Gasteiger charge is -2.26. The van der Waals surface area contributed by atoms with E-state index in [1.54, 1.807) is 23.0 Å². The summed E-state index contributed by atoms with van der Waals surface area (Å²) >= 11 is 5.65. The molecule has 0 fully saturated rings. The Balaban J connectivity index is 1.63. The van der Waals surface area contributed by atoms with Crippen molar-refractivity contribution in [1.29, 1.82) is 0 Å². The van der Waals surface area contributed by atoms with E-state index in [-0.39, 0.29) is 23.6 Å². The first kappa shape index (κ1) is 20.9. The molecule has 1 amide bonds. The van der Waals surface area contributed by atoms with Gasteiger partial charge in [-0.1, -0.05) is 30.3 Å². The summed E-state index contributed by atoms with van der Waals surface area (Å²) in [5.74, 6) is -0.0136. The van der Waals surface area contributed by atoms with E-state index in [9.17, 15) is 9.18 Å². The highest BCUT2D eigenvalue weighted by atomic mass is 35.5. The lowest BCUT2D eigenvalue weighted by molar-refractivity contribution is -0.119. The average Bonchev–Trinajstić information content (AvgIpc) is 3.21. The number of rotatable bonds is 7. The van der Waals surface area contributed by atoms with Crippen LogP contribution in [0.5, 0.6) is 5.75 Å². The minimum atomic E-state index is -0.405. The molecule has 0 aliphatic heterocycles. The molecule has 31 heavy (non-hydrogen) atoms. The summed E-state index contributed by atoms with van der Waals surface area (Å²) in [5, 5.41) is 8.18. The normalized spacial score (nSPS) is 13.0. The molecule has 0 saturated carbocycles. The molecule has 4 aromatic rings. The van der Waals surface area contributed by atoms with Crippen LogP contribution in [0.25, 0.3) is 16.6 Å². The zero-order valence-electron chi connectivity index (χ0n) is 16.8. The van der Waals surface area contributed by atoms with Gasteiger partial charge >= 0.3 is 0 Å². The van der Waals surface area contributed by atoms with Gasteiger partial charge in [0.2, 0.25) is 5.91 Å². The van der Waals surface area contributed by atoms with Gasteiger partial charge in [-0.3, -0.25) is 4.79 Å². The molecular weight excluding hydrogens is 417 g/mol. The number of nitrogens with zero attached hydrogens (tertiary/aromatic N) is 2. The molecule has 3 aromatic carbocycles. The van der Waals surface area contributed by atoms with Crippen LogP contribution in [0, 0.1) is 5.82 Å². The number of carbonyl (C=O) groups excluding carboxylic acids is 1. The fourth-order valence-corrected chi connectivity index (χ4v) is 3.57. The minimum Gasteiger partial charge on any atom is -0.484 e. The van der Waals surface area contributed by atoms with Crippen LogP contribution >= 0.6 is 11.6 Å². The van der Waals surface area contributed by atoms with Gasteiger partial charge in [-0.25, -0.2) is 9.07 Å². The number of aromatic nitrogens is 2. The Bertz CT molecular complexity index is 1180. The van der Waals surface area contributed by atoms with Crippen LogP contribution in [0.2, 0.25) is 0 Å². The molecule has 5 nitrogen and oxygen atoms in total. The zero-order chi connectivity index (χ0) is 21.8. The Morgan fingerprint density at radius 2 is 1.87 bits per heavy atom. The molecule has 0 radical (unpaired) electrons. The first-order chi connectivity index (χ1) is 15.0. The van der Waals surface area contributed by atoms with Gasteiger partial charge in [-0.05, 0) is 55.0 Å². The number of benzene rings is 3. The van der Waals surface area contributed by atoms with Crippen molar-refractivity contribution in [2.45, 2.75) is 19.1 Å². The Hall–Kier alpha value is -3.38. The van der Waals surface area contributed by atoms with Gasteiger partial charge in [0.15, 0.2) is 0 Å². The molecule has 7 heteroatoms. The van der Waals surface area contributed by atoms with Gasteiger partial charge in [-0.15, -0.1) is 11.6 Å². The van der Waals surface area contributed by atoms with E-state index in [1.165, 1.54) is 12.1 Å². The van der Waals surface area contributed by atoms with E-state index in [0.29, 0.717) is 5.75 Å². The number of amides is 1. The summed E-state index contributed by atoms with van der Waals surface area (Å²) in [5.41, 5.74) is 2.58. The van der Waals surface area contributed by atoms with Crippen molar-refractivity contribution in [3.8, 4) is 11.4 Å². The third-order valence-corrected chi connectivity index (χ3v) is 5.21. The van der Waals surface area contributed by atoms with Crippen molar-refractivity contribution in [2.24, 2.45) is 0 Å². The summed E-state index contributed by atoms with van der Waals surface area (Å²) in [6, 6.07) is 21.2. The number of nitrogens with one attached hydrogen (secondary N) is 1. The Labute approximate surface area is 184 Å². The Morgan fingerprint density at radius 3 is 2.58 bits per heavy atom. The van der Waals surface area contributed by atoms with Crippen molar-refractivity contribution in [1.82, 2.24) is 15.1 Å². The van der Waals surface area contributed by atoms with Crippen LogP contribution in [0.3, 0.4) is 0 Å². The predicted molar refractivity (Wildman–Crippen MR) is 119 cm³/mol. The highest BCUT2D eigenvalue weighted by molar-refractivity contribution is 6.27. The molecule has 0 aliphatic carbocycles. The van der Waals surface area contributed by atoms with E-state index < -0.39 is 6.10 Å². The highest BCUT2D eigenvalue weighted by Gasteiger charge is 2.23. The van der Waals surface area contributed by atoms with Gasteiger partial charge in [-0.2, -0.15) is 5.10 Å². The lowest BCUT2D eigenvalue weighted by atomic mass is 10.0. The fraction of sp³-hybridized carbons (Fsp3) is 0.167. The molecule has 1 aromatic heterocycles. The number of carbonyl (C=O) groups is 1. The van der Waals surface area contributed by atoms with E-state index >= 15 is 0 Å². The third kappa shape index (κ3) is 4.70. The highest BCUT2D eigenvalue weighted by Crippen LogP contribution is 2.29. The van der Waals surface area contributed by atoms with Crippen LogP contribution in [0.4, 0.5) is 4.39 Å². The molecule has 2 atom stereocenters. The summed E-state index contributed by atoms with van der Waals surface area (Å²) < 4.78 is 21.3. The van der Waals surface area contributed by atoms with E-state index in [4.69, 9.17) is 16.3 Å². The van der Waals surface area contributed by atoms with E-state index in [2.05, 4.69) is 10.4 Å². The maximum atomic E-state index is 13.2. The number of fused-ring (bicyclic) bond motifs is 1. The Kier molecular flexibility index (Phi) is 6.18. The number of ether oxygens (including phenoxy) is 1. The van der Waals surface area contributed by atoms with Gasteiger partial charge in [0.1, 0.15) is 23.6 Å². The van der Waals surface area contributed by atoms with Crippen LogP contribution in [0.1, 0.15) is 18.6 Å². The zero-order valence-corrected chi connectivity index (χ0v) is 17.6. The second-order valence-electron chi connectivity index (χ2n) is 7.19. The molecule has 0 aliphatic rings. The number of halogens is 2. The third-order valence-electron chi connectivity index (χ3n) is 4.97. The SMILES string of the molecule is C[C@H](NC(=O)CCl)[C@H](Oc1ccc2c(cnn2-c2ccc(F)cc2)c1)c1ccccc1. The summed E-state index contributed by atoms with van der Waals surface area (Å²) in [6.07, 6.45) is 1.33. The van der Waals surface area contributed by atoms with Gasteiger partial charge in [0.05, 0.1) is 23.4 Å². The van der Waals surface area contributed by atoms with Crippen molar-refractivity contribution >= 4 is 28.4 Å². The summed E-state index contributed by atoms with van der Waals surface area (Å²) in [6.45, 7) is 1.88. The van der Waals surface area contributed by atoms with E-state index in [1.807, 2.05) is 55.5 Å². The van der Waals surface area contributed by atoms with Gasteiger partial charge in [0.25, 0.3) is 0 Å². The van der Waals surface area contributed by atoms with E-state index in [0.717, 1.165) is 22.2 Å². The van der Waals surface area contributed by atoms with Crippen molar-refractivity contribution in [2.75, 3.05) is 5.88 Å². The standard InChI is InChI=1S/C24H21ClFN3O2/c1-16(28-23(30)14-25)24(17-5-3-2-4-6-17)31-21-11-12-22-18(13-21)15-27-29(22)20-9-7-19(26)8-10-20/h2-13,15-16,24H,14H2,1H3,(H,28,30)/t16-,24-/m0/s1. The van der Waals surface area contributed by atoms with Crippen LogP contribution < -0.4 is 10.1 Å². The molecule has 0 unspecified atom stereocenters. The molecule has 1 heterocycles. The summed E-state index contributed by atoms with van der Waals surface area (Å²) in [7, 11) is 0. The van der Waals surface area contributed by atoms with Gasteiger partial charge < -0.3 is 10.1 Å². The van der Waals surface area contributed by atoms with Crippen LogP contribution in [-0.2, 0) is 4.79 Å². The van der Waals surface area contributed by atoms with Gasteiger partial charge in [0, 0.05) is 5.39 Å². The fourth-order valence-electron chi connectivity index (χ4n) is 3.49. The first-order valence-electron chi connectivity index (χ1n) is 9.86. The Morgan fingerprint density at radius 1 is 1.13 bits per heavy atom. The largest absolute Gasteiger partial charge is 0.484 e. The molecule has 0 spiro atoms. The molecule has 0 bridgehead atoms. The lowest BCUT2D eigenvalue weighted by Crippen LogP contribution is -2.39. The average molecular weight is 438 g/mol. The monoisotopic (exact) mass is 437 g/mol. The maximum absolute atomic E-state index is 13.2. The smallest absolute Gasteiger partial charge is 0.235 e. The quantitative estimate of drug-likeness (QED) is 0.413. The molecule has 158 valence electrons. The minimum absolute atomic E-state index is 0.111. The van der Waals surface area contributed by atoms with Crippen LogP contribution in [-0.4, -0.2) is 27.6 Å². The number of hydrogen-bond donors (Lipinski definition) is 1. The second-order valence-corrected chi connectivity index (χ2v) is 7.46. The topological polar surface area (TPSA) is 56.1 Å². The molecule has 1 N–H and O–H groups in total. The number of alkyl halides is 1. The van der Waals surface area contributed by atoms with Crippen molar-refractivity contribution in [3.05, 3.63) is 90.4 Å². The second kappa shape index (κ2) is 9.18. The van der Waals surface area contributed by atoms with Crippen molar-refractivity contribution in [3.63, 3.8) is 0 Å². The van der Waals surface area contributed by atoms with Crippen molar-refractivity contribution < 1.29 is 13.9 Å². The molecule has 0 saturated heterocycles. The maximum Gasteiger partial charge on any atom is 0.235 e. The summed E-state index contributed by atoms with van der Waals surface area (Å²) in [4.78, 5) is 11.8. The molecule has 4 rings (SSSR count).